The third kappa shape index (κ3) is 3.30. The number of methoxy groups -OCH3 is 2. The van der Waals surface area contributed by atoms with Crippen LogP contribution in [0.5, 0.6) is 11.5 Å². The van der Waals surface area contributed by atoms with E-state index in [4.69, 9.17) is 14.5 Å². The number of hydrogen-bond donors (Lipinski definition) is 0. The number of aromatic nitrogens is 2. The third-order valence-corrected chi connectivity index (χ3v) is 6.48. The molecular weight excluding hydrogens is 372 g/mol. The predicted octanol–water partition coefficient (Wildman–Crippen LogP) is 6.29. The maximum atomic E-state index is 5.57. The van der Waals surface area contributed by atoms with Crippen molar-refractivity contribution in [1.82, 2.24) is 9.38 Å². The van der Waals surface area contributed by atoms with Crippen molar-refractivity contribution in [2.45, 2.75) is 38.5 Å². The minimum absolute atomic E-state index is 0.726. The molecule has 2 aromatic carbocycles. The molecule has 0 atom stereocenters. The van der Waals surface area contributed by atoms with Crippen molar-refractivity contribution in [2.75, 3.05) is 14.2 Å². The molecule has 2 heterocycles. The Balaban J connectivity index is 1.71. The average molecular weight is 401 g/mol. The van der Waals surface area contributed by atoms with Crippen molar-refractivity contribution < 1.29 is 9.47 Å². The highest BCUT2D eigenvalue weighted by Crippen LogP contribution is 2.37. The minimum atomic E-state index is 0.726. The molecule has 1 aliphatic carbocycles. The molecule has 0 unspecified atom stereocenters. The second-order valence-corrected chi connectivity index (χ2v) is 8.28. The molecule has 0 N–H and O–H groups in total. The number of nitrogens with zero attached hydrogens (tertiary/aromatic N) is 2. The van der Waals surface area contributed by atoms with Crippen LogP contribution < -0.4 is 9.47 Å². The fourth-order valence-electron chi connectivity index (χ4n) is 4.89. The van der Waals surface area contributed by atoms with E-state index in [1.54, 1.807) is 14.2 Å². The molecule has 0 saturated heterocycles. The van der Waals surface area contributed by atoms with Crippen molar-refractivity contribution in [3.8, 4) is 22.8 Å². The van der Waals surface area contributed by atoms with Crippen LogP contribution in [-0.2, 0) is 6.42 Å². The summed E-state index contributed by atoms with van der Waals surface area (Å²) in [7, 11) is 3.35. The van der Waals surface area contributed by atoms with Crippen molar-refractivity contribution >= 4 is 16.4 Å². The fourth-order valence-corrected chi connectivity index (χ4v) is 4.89. The Morgan fingerprint density at radius 3 is 2.53 bits per heavy atom. The van der Waals surface area contributed by atoms with E-state index in [2.05, 4.69) is 47.0 Å². The van der Waals surface area contributed by atoms with Crippen LogP contribution in [0.4, 0.5) is 0 Å². The first kappa shape index (κ1) is 19.0. The molecule has 0 radical (unpaired) electrons. The van der Waals surface area contributed by atoms with Gasteiger partial charge in [-0.15, -0.1) is 0 Å². The lowest BCUT2D eigenvalue weighted by Gasteiger charge is -2.22. The van der Waals surface area contributed by atoms with Gasteiger partial charge in [-0.25, -0.2) is 4.98 Å². The zero-order valence-electron chi connectivity index (χ0n) is 17.7. The lowest BCUT2D eigenvalue weighted by atomic mass is 9.85. The number of pyridine rings is 1. The first-order valence-electron chi connectivity index (χ1n) is 10.9. The smallest absolute Gasteiger partial charge is 0.161 e. The zero-order valence-corrected chi connectivity index (χ0v) is 17.7. The molecule has 0 spiro atoms. The fraction of sp³-hybridized carbons (Fsp3) is 0.346. The van der Waals surface area contributed by atoms with Gasteiger partial charge in [-0.1, -0.05) is 56.4 Å². The SMILES string of the molecule is COc1ccc(-c2nc3c4ccccc4ccn3c2CC2CCCCC2)cc1OC. The number of rotatable bonds is 5. The number of ether oxygens (including phenoxy) is 2. The highest BCUT2D eigenvalue weighted by atomic mass is 16.5. The molecule has 5 rings (SSSR count). The van der Waals surface area contributed by atoms with Crippen LogP contribution >= 0.6 is 0 Å². The summed E-state index contributed by atoms with van der Waals surface area (Å²) in [4.78, 5) is 5.17. The maximum Gasteiger partial charge on any atom is 0.161 e. The van der Waals surface area contributed by atoms with Gasteiger partial charge in [0.05, 0.1) is 25.6 Å². The quantitative estimate of drug-likeness (QED) is 0.395. The normalized spacial score (nSPS) is 15.0. The van der Waals surface area contributed by atoms with Gasteiger partial charge >= 0.3 is 0 Å². The van der Waals surface area contributed by atoms with Gasteiger partial charge in [0.2, 0.25) is 0 Å². The zero-order chi connectivity index (χ0) is 20.5. The van der Waals surface area contributed by atoms with Crippen molar-refractivity contribution in [1.29, 1.82) is 0 Å². The van der Waals surface area contributed by atoms with E-state index in [0.717, 1.165) is 40.7 Å². The Morgan fingerprint density at radius 1 is 0.933 bits per heavy atom. The van der Waals surface area contributed by atoms with Gasteiger partial charge in [0.1, 0.15) is 5.65 Å². The van der Waals surface area contributed by atoms with Crippen LogP contribution in [0.15, 0.2) is 54.7 Å². The second kappa shape index (κ2) is 8.02. The molecule has 30 heavy (non-hydrogen) atoms. The van der Waals surface area contributed by atoms with Gasteiger partial charge in [-0.05, 0) is 42.0 Å². The Kier molecular flexibility index (Phi) is 5.07. The molecule has 0 aliphatic heterocycles. The lowest BCUT2D eigenvalue weighted by Crippen LogP contribution is -2.11. The van der Waals surface area contributed by atoms with E-state index in [0.29, 0.717) is 0 Å². The molecule has 0 amide bonds. The average Bonchev–Trinajstić information content (AvgIpc) is 3.18. The Hall–Kier alpha value is -3.01. The summed E-state index contributed by atoms with van der Waals surface area (Å²) in [5.74, 6) is 2.20. The summed E-state index contributed by atoms with van der Waals surface area (Å²) in [6, 6.07) is 16.8. The molecule has 4 nitrogen and oxygen atoms in total. The molecule has 154 valence electrons. The topological polar surface area (TPSA) is 35.8 Å². The number of hydrogen-bond acceptors (Lipinski definition) is 3. The summed E-state index contributed by atoms with van der Waals surface area (Å²) in [5, 5.41) is 2.41. The van der Waals surface area contributed by atoms with Crippen LogP contribution in [0.1, 0.15) is 37.8 Å². The van der Waals surface area contributed by atoms with Crippen molar-refractivity contribution in [2.24, 2.45) is 5.92 Å². The monoisotopic (exact) mass is 400 g/mol. The summed E-state index contributed by atoms with van der Waals surface area (Å²) in [5.41, 5.74) is 4.46. The van der Waals surface area contributed by atoms with Crippen molar-refractivity contribution in [3.05, 3.63) is 60.4 Å². The second-order valence-electron chi connectivity index (χ2n) is 8.28. The third-order valence-electron chi connectivity index (χ3n) is 6.48. The molecule has 1 saturated carbocycles. The molecule has 4 aromatic rings. The lowest BCUT2D eigenvalue weighted by molar-refractivity contribution is 0.353. The van der Waals surface area contributed by atoms with Gasteiger partial charge in [0.15, 0.2) is 11.5 Å². The standard InChI is InChI=1S/C26H28N2O2/c1-29-23-13-12-20(17-24(23)30-2)25-22(16-18-8-4-3-5-9-18)28-15-14-19-10-6-7-11-21(19)26(28)27-25/h6-7,10-15,17-18H,3-5,8-9,16H2,1-2H3. The number of fused-ring (bicyclic) bond motifs is 3. The van der Waals surface area contributed by atoms with Crippen LogP contribution in [-0.4, -0.2) is 23.6 Å². The van der Waals surface area contributed by atoms with E-state index < -0.39 is 0 Å². The van der Waals surface area contributed by atoms with Gasteiger partial charge < -0.3 is 13.9 Å². The number of imidazole rings is 1. The molecule has 1 aliphatic rings. The van der Waals surface area contributed by atoms with Gasteiger partial charge in [0.25, 0.3) is 0 Å². The van der Waals surface area contributed by atoms with E-state index in [9.17, 15) is 0 Å². The summed E-state index contributed by atoms with van der Waals surface area (Å²) >= 11 is 0. The Labute approximate surface area is 177 Å². The molecule has 0 bridgehead atoms. The van der Waals surface area contributed by atoms with E-state index in [1.807, 2.05) is 12.1 Å². The predicted molar refractivity (Wildman–Crippen MR) is 122 cm³/mol. The number of benzene rings is 2. The first-order chi connectivity index (χ1) is 14.8. The van der Waals surface area contributed by atoms with Gasteiger partial charge in [-0.2, -0.15) is 0 Å². The highest BCUT2D eigenvalue weighted by Gasteiger charge is 2.22. The minimum Gasteiger partial charge on any atom is -0.493 e. The van der Waals surface area contributed by atoms with E-state index in [1.165, 1.54) is 48.6 Å². The van der Waals surface area contributed by atoms with Crippen LogP contribution in [0, 0.1) is 5.92 Å². The molecular formula is C26H28N2O2. The maximum absolute atomic E-state index is 5.57. The summed E-state index contributed by atoms with van der Waals surface area (Å²) in [6.07, 6.45) is 9.93. The van der Waals surface area contributed by atoms with Crippen LogP contribution in [0.2, 0.25) is 0 Å². The molecule has 4 heteroatoms. The van der Waals surface area contributed by atoms with E-state index >= 15 is 0 Å². The summed E-state index contributed by atoms with van der Waals surface area (Å²) in [6.45, 7) is 0. The van der Waals surface area contributed by atoms with Gasteiger partial charge in [-0.3, -0.25) is 0 Å². The molecule has 2 aromatic heterocycles. The highest BCUT2D eigenvalue weighted by molar-refractivity contribution is 5.95. The Bertz CT molecular complexity index is 1190. The Morgan fingerprint density at radius 2 is 1.73 bits per heavy atom. The van der Waals surface area contributed by atoms with E-state index in [-0.39, 0.29) is 0 Å². The van der Waals surface area contributed by atoms with Gasteiger partial charge in [0, 0.05) is 17.1 Å². The van der Waals surface area contributed by atoms with Crippen molar-refractivity contribution in [3.63, 3.8) is 0 Å². The van der Waals surface area contributed by atoms with Crippen LogP contribution in [0.25, 0.3) is 27.7 Å². The van der Waals surface area contributed by atoms with Crippen LogP contribution in [0.3, 0.4) is 0 Å². The molecule has 1 fully saturated rings. The first-order valence-corrected chi connectivity index (χ1v) is 10.9. The largest absolute Gasteiger partial charge is 0.493 e. The summed E-state index contributed by atoms with van der Waals surface area (Å²) < 4.78 is 13.3.